The minimum atomic E-state index is -0.277. The summed E-state index contributed by atoms with van der Waals surface area (Å²) in [5.74, 6) is 1.40. The maximum absolute atomic E-state index is 11.9. The highest BCUT2D eigenvalue weighted by atomic mass is 35.5. The van der Waals surface area contributed by atoms with Gasteiger partial charge in [0.05, 0.1) is 19.8 Å². The molecule has 0 saturated carbocycles. The molecule has 1 saturated heterocycles. The number of carbonyl (C=O) groups excluding carboxylic acids is 1. The molecule has 2 N–H and O–H groups in total. The highest BCUT2D eigenvalue weighted by molar-refractivity contribution is 5.85. The molecular weight excluding hydrogens is 296 g/mol. The smallest absolute Gasteiger partial charge is 0.239 e. The van der Waals surface area contributed by atoms with Crippen LogP contribution in [0.5, 0.6) is 11.5 Å². The van der Waals surface area contributed by atoms with Gasteiger partial charge in [-0.2, -0.15) is 0 Å². The molecule has 0 aliphatic carbocycles. The Bertz CT molecular complexity index is 480. The van der Waals surface area contributed by atoms with Crippen LogP contribution >= 0.6 is 12.4 Å². The Hall–Kier alpha value is -1.50. The van der Waals surface area contributed by atoms with Crippen molar-refractivity contribution in [2.75, 3.05) is 32.9 Å². The van der Waals surface area contributed by atoms with Gasteiger partial charge in [0.2, 0.25) is 5.91 Å². The fraction of sp³-hybridized carbons (Fsp3) is 0.500. The molecule has 1 fully saturated rings. The molecule has 3 rings (SSSR count). The van der Waals surface area contributed by atoms with Crippen LogP contribution in [-0.2, 0) is 9.53 Å². The number of hydrogen-bond acceptors (Lipinski definition) is 5. The summed E-state index contributed by atoms with van der Waals surface area (Å²) in [5.41, 5.74) is 0. The quantitative estimate of drug-likeness (QED) is 0.843. The first-order valence-electron chi connectivity index (χ1n) is 6.80. The molecule has 0 radical (unpaired) electrons. The van der Waals surface area contributed by atoms with Gasteiger partial charge >= 0.3 is 0 Å². The lowest BCUT2D eigenvalue weighted by molar-refractivity contribution is -0.126. The van der Waals surface area contributed by atoms with Crippen LogP contribution in [0.4, 0.5) is 0 Å². The van der Waals surface area contributed by atoms with E-state index in [0.29, 0.717) is 32.9 Å². The molecule has 1 aromatic carbocycles. The maximum Gasteiger partial charge on any atom is 0.239 e. The summed E-state index contributed by atoms with van der Waals surface area (Å²) in [7, 11) is 0. The van der Waals surface area contributed by atoms with Crippen molar-refractivity contribution >= 4 is 18.3 Å². The molecule has 2 aliphatic rings. The molecule has 1 aromatic rings. The van der Waals surface area contributed by atoms with Crippen molar-refractivity contribution in [3.05, 3.63) is 24.3 Å². The van der Waals surface area contributed by atoms with Crippen LogP contribution in [0.15, 0.2) is 24.3 Å². The van der Waals surface area contributed by atoms with Gasteiger partial charge in [-0.1, -0.05) is 12.1 Å². The van der Waals surface area contributed by atoms with Crippen LogP contribution in [0.25, 0.3) is 0 Å². The molecule has 0 aromatic heterocycles. The molecule has 2 heterocycles. The van der Waals surface area contributed by atoms with E-state index in [4.69, 9.17) is 14.2 Å². The summed E-state index contributed by atoms with van der Waals surface area (Å²) in [4.78, 5) is 11.9. The lowest BCUT2D eigenvalue weighted by Crippen LogP contribution is -2.53. The molecule has 2 unspecified atom stereocenters. The van der Waals surface area contributed by atoms with Gasteiger partial charge in [-0.05, 0) is 12.1 Å². The second kappa shape index (κ2) is 7.49. The first kappa shape index (κ1) is 15.9. The summed E-state index contributed by atoms with van der Waals surface area (Å²) in [6, 6.07) is 7.25. The number of morpholine rings is 1. The highest BCUT2D eigenvalue weighted by Gasteiger charge is 2.24. The predicted octanol–water partition coefficient (Wildman–Crippen LogP) is 0.353. The number of amides is 1. The molecule has 21 heavy (non-hydrogen) atoms. The van der Waals surface area contributed by atoms with E-state index < -0.39 is 0 Å². The maximum atomic E-state index is 11.9. The Labute approximate surface area is 129 Å². The van der Waals surface area contributed by atoms with E-state index >= 15 is 0 Å². The van der Waals surface area contributed by atoms with E-state index in [1.165, 1.54) is 0 Å². The first-order chi connectivity index (χ1) is 9.83. The lowest BCUT2D eigenvalue weighted by Gasteiger charge is -2.28. The zero-order chi connectivity index (χ0) is 13.8. The van der Waals surface area contributed by atoms with E-state index in [-0.39, 0.29) is 30.5 Å². The highest BCUT2D eigenvalue weighted by Crippen LogP contribution is 2.30. The Morgan fingerprint density at radius 2 is 2.10 bits per heavy atom. The molecule has 0 bridgehead atoms. The van der Waals surface area contributed by atoms with E-state index in [9.17, 15) is 4.79 Å². The number of fused-ring (bicyclic) bond motifs is 1. The number of nitrogens with one attached hydrogen (secondary N) is 2. The van der Waals surface area contributed by atoms with Crippen molar-refractivity contribution in [2.45, 2.75) is 12.1 Å². The number of rotatable bonds is 3. The second-order valence-corrected chi connectivity index (χ2v) is 4.82. The lowest BCUT2D eigenvalue weighted by atomic mass is 10.2. The first-order valence-corrected chi connectivity index (χ1v) is 6.80. The third-order valence-corrected chi connectivity index (χ3v) is 3.31. The number of ether oxygens (including phenoxy) is 3. The molecule has 2 atom stereocenters. The largest absolute Gasteiger partial charge is 0.486 e. The van der Waals surface area contributed by atoms with Crippen LogP contribution in [0.1, 0.15) is 0 Å². The predicted molar refractivity (Wildman–Crippen MR) is 79.2 cm³/mol. The summed E-state index contributed by atoms with van der Waals surface area (Å²) in [6.45, 7) is 2.63. The van der Waals surface area contributed by atoms with Crippen molar-refractivity contribution in [1.82, 2.24) is 10.6 Å². The molecule has 0 spiro atoms. The van der Waals surface area contributed by atoms with Crippen LogP contribution in [0.3, 0.4) is 0 Å². The third-order valence-electron chi connectivity index (χ3n) is 3.31. The van der Waals surface area contributed by atoms with Gasteiger partial charge in [-0.3, -0.25) is 4.79 Å². The zero-order valence-corrected chi connectivity index (χ0v) is 12.4. The average Bonchev–Trinajstić information content (AvgIpc) is 2.53. The fourth-order valence-corrected chi connectivity index (χ4v) is 2.24. The Balaban J connectivity index is 0.00000161. The molecule has 6 nitrogen and oxygen atoms in total. The second-order valence-electron chi connectivity index (χ2n) is 4.82. The summed E-state index contributed by atoms with van der Waals surface area (Å²) < 4.78 is 16.6. The number of benzene rings is 1. The zero-order valence-electron chi connectivity index (χ0n) is 11.5. The van der Waals surface area contributed by atoms with Gasteiger partial charge in [0.15, 0.2) is 11.5 Å². The van der Waals surface area contributed by atoms with Gasteiger partial charge in [-0.15, -0.1) is 12.4 Å². The van der Waals surface area contributed by atoms with Crippen molar-refractivity contribution in [3.63, 3.8) is 0 Å². The minimum Gasteiger partial charge on any atom is -0.486 e. The van der Waals surface area contributed by atoms with Crippen LogP contribution in [-0.4, -0.2) is 51.0 Å². The van der Waals surface area contributed by atoms with Gasteiger partial charge in [0, 0.05) is 6.54 Å². The van der Waals surface area contributed by atoms with Gasteiger partial charge < -0.3 is 24.8 Å². The van der Waals surface area contributed by atoms with E-state index in [1.54, 1.807) is 0 Å². The third kappa shape index (κ3) is 4.00. The normalized spacial score (nSPS) is 23.8. The van der Waals surface area contributed by atoms with Crippen LogP contribution in [0, 0.1) is 0 Å². The van der Waals surface area contributed by atoms with Crippen molar-refractivity contribution in [2.24, 2.45) is 0 Å². The van der Waals surface area contributed by atoms with Gasteiger partial charge in [-0.25, -0.2) is 0 Å². The average molecular weight is 315 g/mol. The summed E-state index contributed by atoms with van der Waals surface area (Å²) >= 11 is 0. The van der Waals surface area contributed by atoms with Crippen LogP contribution in [0.2, 0.25) is 0 Å². The van der Waals surface area contributed by atoms with Crippen molar-refractivity contribution in [3.8, 4) is 11.5 Å². The molecule has 116 valence electrons. The molecule has 2 aliphatic heterocycles. The van der Waals surface area contributed by atoms with E-state index in [1.807, 2.05) is 24.3 Å². The fourth-order valence-electron chi connectivity index (χ4n) is 2.24. The van der Waals surface area contributed by atoms with E-state index in [2.05, 4.69) is 10.6 Å². The monoisotopic (exact) mass is 314 g/mol. The van der Waals surface area contributed by atoms with Crippen molar-refractivity contribution < 1.29 is 19.0 Å². The Morgan fingerprint density at radius 1 is 1.29 bits per heavy atom. The topological polar surface area (TPSA) is 68.8 Å². The van der Waals surface area contributed by atoms with Crippen LogP contribution < -0.4 is 20.1 Å². The molecule has 1 amide bonds. The number of halogens is 1. The van der Waals surface area contributed by atoms with Gasteiger partial charge in [0.25, 0.3) is 0 Å². The van der Waals surface area contributed by atoms with E-state index in [0.717, 1.165) is 11.5 Å². The van der Waals surface area contributed by atoms with Gasteiger partial charge in [0.1, 0.15) is 18.8 Å². The Kier molecular flexibility index (Phi) is 5.67. The molecular formula is C14H19ClN2O4. The van der Waals surface area contributed by atoms with Crippen molar-refractivity contribution in [1.29, 1.82) is 0 Å². The summed E-state index contributed by atoms with van der Waals surface area (Å²) in [6.07, 6.45) is -0.168. The standard InChI is InChI=1S/C14H18N2O4.ClH/c17-14(11-9-18-6-5-15-11)16-7-10-8-19-12-3-1-2-4-13(12)20-10;/h1-4,10-11,15H,5-9H2,(H,16,17);1H. The minimum absolute atomic E-state index is 0. The Morgan fingerprint density at radius 3 is 2.86 bits per heavy atom. The number of carbonyl (C=O) groups is 1. The number of para-hydroxylation sites is 2. The number of hydrogen-bond donors (Lipinski definition) is 2. The SMILES string of the molecule is Cl.O=C(NCC1COc2ccccc2O1)C1COCCN1. The molecule has 7 heteroatoms. The summed E-state index contributed by atoms with van der Waals surface area (Å²) in [5, 5.41) is 5.98.